The molecule has 0 atom stereocenters. The van der Waals surface area contributed by atoms with Crippen molar-refractivity contribution < 1.29 is 22.8 Å². The fraction of sp³-hybridized carbons (Fsp3) is 0.273. The first-order valence-corrected chi connectivity index (χ1v) is 5.11. The summed E-state index contributed by atoms with van der Waals surface area (Å²) < 4.78 is 37.7. The van der Waals surface area contributed by atoms with Crippen molar-refractivity contribution in [3.05, 3.63) is 34.4 Å². The fourth-order valence-electron chi connectivity index (χ4n) is 1.44. The van der Waals surface area contributed by atoms with Crippen LogP contribution < -0.4 is 0 Å². The van der Waals surface area contributed by atoms with Gasteiger partial charge in [-0.1, -0.05) is 0 Å². The van der Waals surface area contributed by atoms with E-state index in [9.17, 15) is 22.8 Å². The second kappa shape index (κ2) is 4.87. The van der Waals surface area contributed by atoms with Gasteiger partial charge in [0.2, 0.25) is 0 Å². The first kappa shape index (κ1) is 13.7. The number of aryl methyl sites for hydroxylation is 1. The number of benzene rings is 1. The molecule has 0 fully saturated rings. The Bertz CT molecular complexity index is 467. The summed E-state index contributed by atoms with van der Waals surface area (Å²) in [5, 5.41) is 0. The van der Waals surface area contributed by atoms with Gasteiger partial charge in [-0.2, -0.15) is 13.2 Å². The van der Waals surface area contributed by atoms with E-state index in [1.54, 1.807) is 0 Å². The van der Waals surface area contributed by atoms with Gasteiger partial charge >= 0.3 is 6.18 Å². The lowest BCUT2D eigenvalue weighted by Gasteiger charge is -2.12. The molecule has 0 aliphatic carbocycles. The number of halogens is 4. The van der Waals surface area contributed by atoms with Gasteiger partial charge in [0, 0.05) is 11.1 Å². The molecule has 0 N–H and O–H groups in total. The molecule has 0 saturated heterocycles. The van der Waals surface area contributed by atoms with Crippen molar-refractivity contribution in [3.63, 3.8) is 0 Å². The summed E-state index contributed by atoms with van der Waals surface area (Å²) in [6, 6.07) is 1.71. The Morgan fingerprint density at radius 1 is 1.41 bits per heavy atom. The van der Waals surface area contributed by atoms with Gasteiger partial charge in [0.1, 0.15) is 0 Å². The van der Waals surface area contributed by atoms with Crippen LogP contribution in [0.2, 0.25) is 0 Å². The standard InChI is InChI=1S/C11H8ClF3O2/c1-6-2-9(11(13,14)15)7(5-16)3-8(6)10(17)4-12/h2-3,5H,4H2,1H3. The van der Waals surface area contributed by atoms with E-state index in [1.807, 2.05) is 0 Å². The van der Waals surface area contributed by atoms with Crippen molar-refractivity contribution in [2.75, 3.05) is 5.88 Å². The van der Waals surface area contributed by atoms with E-state index in [2.05, 4.69) is 0 Å². The van der Waals surface area contributed by atoms with Crippen LogP contribution in [0.5, 0.6) is 0 Å². The molecule has 92 valence electrons. The quantitative estimate of drug-likeness (QED) is 0.477. The van der Waals surface area contributed by atoms with Crippen molar-refractivity contribution >= 4 is 23.7 Å². The van der Waals surface area contributed by atoms with E-state index in [-0.39, 0.29) is 23.3 Å². The first-order chi connectivity index (χ1) is 7.81. The predicted molar refractivity (Wildman–Crippen MR) is 56.6 cm³/mol. The SMILES string of the molecule is Cc1cc(C(F)(F)F)c(C=O)cc1C(=O)CCl. The lowest BCUT2D eigenvalue weighted by atomic mass is 9.97. The molecule has 0 radical (unpaired) electrons. The van der Waals surface area contributed by atoms with Gasteiger partial charge in [-0.15, -0.1) is 11.6 Å². The normalized spacial score (nSPS) is 11.4. The zero-order valence-electron chi connectivity index (χ0n) is 8.77. The highest BCUT2D eigenvalue weighted by molar-refractivity contribution is 6.30. The van der Waals surface area contributed by atoms with Crippen LogP contribution in [0.25, 0.3) is 0 Å². The number of alkyl halides is 4. The molecule has 0 bridgehead atoms. The number of hydrogen-bond donors (Lipinski definition) is 0. The zero-order valence-corrected chi connectivity index (χ0v) is 9.52. The molecule has 0 unspecified atom stereocenters. The van der Waals surface area contributed by atoms with Crippen LogP contribution in [0.3, 0.4) is 0 Å². The van der Waals surface area contributed by atoms with Crippen LogP contribution in [0, 0.1) is 6.92 Å². The van der Waals surface area contributed by atoms with E-state index in [1.165, 1.54) is 6.92 Å². The minimum atomic E-state index is -4.62. The number of carbonyl (C=O) groups is 2. The maximum absolute atomic E-state index is 12.6. The Morgan fingerprint density at radius 3 is 2.41 bits per heavy atom. The third kappa shape index (κ3) is 2.85. The molecule has 6 heteroatoms. The monoisotopic (exact) mass is 264 g/mol. The molecule has 0 aliphatic rings. The molecule has 0 aromatic heterocycles. The summed E-state index contributed by atoms with van der Waals surface area (Å²) in [4.78, 5) is 21.9. The Morgan fingerprint density at radius 2 is 2.00 bits per heavy atom. The van der Waals surface area contributed by atoms with Gasteiger partial charge in [0.25, 0.3) is 0 Å². The molecule has 1 rings (SSSR count). The first-order valence-electron chi connectivity index (χ1n) is 4.57. The Kier molecular flexibility index (Phi) is 3.93. The zero-order chi connectivity index (χ0) is 13.2. The molecule has 0 saturated carbocycles. The Hall–Kier alpha value is -1.36. The maximum atomic E-state index is 12.6. The van der Waals surface area contributed by atoms with Crippen LogP contribution in [0.1, 0.15) is 31.8 Å². The largest absolute Gasteiger partial charge is 0.417 e. The summed E-state index contributed by atoms with van der Waals surface area (Å²) in [6.07, 6.45) is -4.54. The molecule has 2 nitrogen and oxygen atoms in total. The number of ketones is 1. The lowest BCUT2D eigenvalue weighted by molar-refractivity contribution is -0.137. The van der Waals surface area contributed by atoms with Crippen molar-refractivity contribution in [2.45, 2.75) is 13.1 Å². The third-order valence-electron chi connectivity index (χ3n) is 2.25. The summed E-state index contributed by atoms with van der Waals surface area (Å²) >= 11 is 5.32. The van der Waals surface area contributed by atoms with Gasteiger partial charge in [-0.05, 0) is 24.6 Å². The second-order valence-corrected chi connectivity index (χ2v) is 3.69. The van der Waals surface area contributed by atoms with Gasteiger partial charge in [-0.3, -0.25) is 9.59 Å². The second-order valence-electron chi connectivity index (χ2n) is 3.43. The van der Waals surface area contributed by atoms with E-state index in [0.29, 0.717) is 0 Å². The summed E-state index contributed by atoms with van der Waals surface area (Å²) in [5.41, 5.74) is -1.42. The van der Waals surface area contributed by atoms with Gasteiger partial charge < -0.3 is 0 Å². The fourth-order valence-corrected chi connectivity index (χ4v) is 1.58. The molecular formula is C11H8ClF3O2. The van der Waals surface area contributed by atoms with Crippen molar-refractivity contribution in [2.24, 2.45) is 0 Å². The van der Waals surface area contributed by atoms with E-state index in [4.69, 9.17) is 11.6 Å². The molecule has 0 amide bonds. The van der Waals surface area contributed by atoms with Crippen molar-refractivity contribution in [1.82, 2.24) is 0 Å². The molecule has 0 heterocycles. The molecular weight excluding hydrogens is 257 g/mol. The predicted octanol–water partition coefficient (Wildman–Crippen LogP) is 3.25. The molecule has 1 aromatic rings. The molecule has 0 spiro atoms. The van der Waals surface area contributed by atoms with Gasteiger partial charge in [0.15, 0.2) is 12.1 Å². The highest BCUT2D eigenvalue weighted by Gasteiger charge is 2.34. The molecule has 1 aromatic carbocycles. The minimum absolute atomic E-state index is 0.0371. The number of rotatable bonds is 3. The number of carbonyl (C=O) groups excluding carboxylic acids is 2. The van der Waals surface area contributed by atoms with Crippen molar-refractivity contribution in [1.29, 1.82) is 0 Å². The highest BCUT2D eigenvalue weighted by Crippen LogP contribution is 2.33. The van der Waals surface area contributed by atoms with Crippen LogP contribution in [0.15, 0.2) is 12.1 Å². The third-order valence-corrected chi connectivity index (χ3v) is 2.49. The van der Waals surface area contributed by atoms with E-state index in [0.717, 1.165) is 12.1 Å². The van der Waals surface area contributed by atoms with Crippen LogP contribution >= 0.6 is 11.6 Å². The van der Waals surface area contributed by atoms with Crippen LogP contribution in [-0.2, 0) is 6.18 Å². The smallest absolute Gasteiger partial charge is 0.298 e. The van der Waals surface area contributed by atoms with E-state index >= 15 is 0 Å². The van der Waals surface area contributed by atoms with Gasteiger partial charge in [-0.25, -0.2) is 0 Å². The van der Waals surface area contributed by atoms with Crippen molar-refractivity contribution in [3.8, 4) is 0 Å². The van der Waals surface area contributed by atoms with Crippen LogP contribution in [-0.4, -0.2) is 17.9 Å². The molecule has 0 aliphatic heterocycles. The summed E-state index contributed by atoms with van der Waals surface area (Å²) in [6.45, 7) is 1.36. The molecule has 17 heavy (non-hydrogen) atoms. The Labute approximate surface area is 100 Å². The Balaban J connectivity index is 3.45. The number of hydrogen-bond acceptors (Lipinski definition) is 2. The van der Waals surface area contributed by atoms with E-state index < -0.39 is 23.1 Å². The maximum Gasteiger partial charge on any atom is 0.417 e. The lowest BCUT2D eigenvalue weighted by Crippen LogP contribution is -2.12. The van der Waals surface area contributed by atoms with Crippen LogP contribution in [0.4, 0.5) is 13.2 Å². The number of Topliss-reactive ketones (excluding diaryl/α,β-unsaturated/α-hetero) is 1. The number of aldehydes is 1. The average Bonchev–Trinajstić information content (AvgIpc) is 2.26. The summed E-state index contributed by atoms with van der Waals surface area (Å²) in [5.74, 6) is -0.856. The van der Waals surface area contributed by atoms with Gasteiger partial charge in [0.05, 0.1) is 11.4 Å². The topological polar surface area (TPSA) is 34.1 Å². The minimum Gasteiger partial charge on any atom is -0.298 e. The average molecular weight is 265 g/mol. The summed E-state index contributed by atoms with van der Waals surface area (Å²) in [7, 11) is 0. The highest BCUT2D eigenvalue weighted by atomic mass is 35.5.